The molecule has 11 heteroatoms. The SMILES string of the molecule is CCOc1ncccc1-c1ccc(OC2CCN(c3ccc(F)cc3C(F)(F)F)CC2)c(C(=O)OC)n1. The number of halogens is 4. The van der Waals surface area contributed by atoms with Gasteiger partial charge in [-0.25, -0.2) is 19.2 Å². The number of alkyl halides is 3. The van der Waals surface area contributed by atoms with Crippen LogP contribution in [0.25, 0.3) is 11.3 Å². The fraction of sp³-hybridized carbons (Fsp3) is 0.346. The van der Waals surface area contributed by atoms with Gasteiger partial charge in [-0.2, -0.15) is 13.2 Å². The Labute approximate surface area is 211 Å². The Kier molecular flexibility index (Phi) is 7.80. The minimum Gasteiger partial charge on any atom is -0.488 e. The van der Waals surface area contributed by atoms with E-state index >= 15 is 0 Å². The number of nitrogens with zero attached hydrogens (tertiary/aromatic N) is 3. The molecule has 0 amide bonds. The van der Waals surface area contributed by atoms with E-state index in [2.05, 4.69) is 9.97 Å². The zero-order chi connectivity index (χ0) is 26.6. The summed E-state index contributed by atoms with van der Waals surface area (Å²) in [5.74, 6) is -1.07. The van der Waals surface area contributed by atoms with Gasteiger partial charge in [0.15, 0.2) is 11.4 Å². The number of hydrogen-bond acceptors (Lipinski definition) is 7. The van der Waals surface area contributed by atoms with Crippen LogP contribution in [0.4, 0.5) is 23.2 Å². The third-order valence-electron chi connectivity index (χ3n) is 5.91. The zero-order valence-corrected chi connectivity index (χ0v) is 20.2. The highest BCUT2D eigenvalue weighted by Crippen LogP contribution is 2.38. The van der Waals surface area contributed by atoms with Crippen LogP contribution in [-0.2, 0) is 10.9 Å². The molecule has 3 heterocycles. The number of carbonyl (C=O) groups excluding carboxylic acids is 1. The monoisotopic (exact) mass is 519 g/mol. The molecule has 0 saturated carbocycles. The summed E-state index contributed by atoms with van der Waals surface area (Å²) >= 11 is 0. The van der Waals surface area contributed by atoms with E-state index < -0.39 is 23.5 Å². The highest BCUT2D eigenvalue weighted by Gasteiger charge is 2.36. The van der Waals surface area contributed by atoms with Crippen molar-refractivity contribution < 1.29 is 36.6 Å². The predicted molar refractivity (Wildman–Crippen MR) is 127 cm³/mol. The smallest absolute Gasteiger partial charge is 0.418 e. The first kappa shape index (κ1) is 26.2. The van der Waals surface area contributed by atoms with Crippen molar-refractivity contribution in [3.05, 3.63) is 65.7 Å². The van der Waals surface area contributed by atoms with Crippen molar-refractivity contribution in [1.29, 1.82) is 0 Å². The van der Waals surface area contributed by atoms with Crippen LogP contribution in [0.15, 0.2) is 48.7 Å². The summed E-state index contributed by atoms with van der Waals surface area (Å²) in [5.41, 5.74) is -0.0903. The Morgan fingerprint density at radius 2 is 1.89 bits per heavy atom. The molecule has 37 heavy (non-hydrogen) atoms. The molecule has 4 rings (SSSR count). The summed E-state index contributed by atoms with van der Waals surface area (Å²) in [6.07, 6.45) is -2.70. The van der Waals surface area contributed by atoms with Gasteiger partial charge in [0.2, 0.25) is 5.88 Å². The lowest BCUT2D eigenvalue weighted by molar-refractivity contribution is -0.137. The van der Waals surface area contributed by atoms with Crippen molar-refractivity contribution in [2.45, 2.75) is 32.0 Å². The van der Waals surface area contributed by atoms with Gasteiger partial charge in [-0.3, -0.25) is 0 Å². The van der Waals surface area contributed by atoms with Crippen LogP contribution in [0.3, 0.4) is 0 Å². The molecule has 196 valence electrons. The molecule has 7 nitrogen and oxygen atoms in total. The maximum absolute atomic E-state index is 13.5. The molecule has 0 aliphatic carbocycles. The minimum absolute atomic E-state index is 0.0355. The number of carbonyl (C=O) groups is 1. The lowest BCUT2D eigenvalue weighted by Gasteiger charge is -2.35. The number of benzene rings is 1. The Balaban J connectivity index is 1.53. The molecule has 1 saturated heterocycles. The van der Waals surface area contributed by atoms with Gasteiger partial charge in [-0.15, -0.1) is 0 Å². The molecule has 1 aliphatic heterocycles. The molecular formula is C26H25F4N3O4. The van der Waals surface area contributed by atoms with E-state index in [0.29, 0.717) is 42.7 Å². The van der Waals surface area contributed by atoms with Crippen LogP contribution in [0, 0.1) is 5.82 Å². The van der Waals surface area contributed by atoms with E-state index in [0.717, 1.165) is 12.1 Å². The molecule has 1 aliphatic rings. The summed E-state index contributed by atoms with van der Waals surface area (Å²) < 4.78 is 70.3. The second-order valence-electron chi connectivity index (χ2n) is 8.29. The molecule has 0 radical (unpaired) electrons. The van der Waals surface area contributed by atoms with Crippen molar-refractivity contribution in [1.82, 2.24) is 9.97 Å². The number of esters is 1. The average molecular weight is 519 g/mol. The maximum atomic E-state index is 13.5. The molecule has 0 spiro atoms. The molecule has 0 N–H and O–H groups in total. The fourth-order valence-corrected chi connectivity index (χ4v) is 4.18. The van der Waals surface area contributed by atoms with Gasteiger partial charge in [-0.1, -0.05) is 0 Å². The number of piperidine rings is 1. The Morgan fingerprint density at radius 1 is 1.14 bits per heavy atom. The van der Waals surface area contributed by atoms with Crippen LogP contribution in [-0.4, -0.2) is 48.8 Å². The van der Waals surface area contributed by atoms with E-state index in [1.807, 2.05) is 6.92 Å². The van der Waals surface area contributed by atoms with Gasteiger partial charge < -0.3 is 19.1 Å². The van der Waals surface area contributed by atoms with Gasteiger partial charge >= 0.3 is 12.1 Å². The number of hydrogen-bond donors (Lipinski definition) is 0. The van der Waals surface area contributed by atoms with Crippen molar-refractivity contribution in [2.24, 2.45) is 0 Å². The van der Waals surface area contributed by atoms with Crippen LogP contribution in [0.5, 0.6) is 11.6 Å². The van der Waals surface area contributed by atoms with Crippen molar-refractivity contribution in [3.8, 4) is 22.9 Å². The number of ether oxygens (including phenoxy) is 3. The summed E-state index contributed by atoms with van der Waals surface area (Å²) in [6, 6.07) is 9.43. The topological polar surface area (TPSA) is 73.8 Å². The minimum atomic E-state index is -4.68. The lowest BCUT2D eigenvalue weighted by Crippen LogP contribution is -2.39. The van der Waals surface area contributed by atoms with Gasteiger partial charge in [-0.05, 0) is 49.4 Å². The number of methoxy groups -OCH3 is 1. The van der Waals surface area contributed by atoms with E-state index in [4.69, 9.17) is 14.2 Å². The maximum Gasteiger partial charge on any atom is 0.418 e. The second kappa shape index (κ2) is 11.0. The van der Waals surface area contributed by atoms with Crippen LogP contribution >= 0.6 is 0 Å². The first-order valence-electron chi connectivity index (χ1n) is 11.7. The predicted octanol–water partition coefficient (Wildman–Crippen LogP) is 5.53. The van der Waals surface area contributed by atoms with E-state index in [-0.39, 0.29) is 36.3 Å². The Morgan fingerprint density at radius 3 is 2.57 bits per heavy atom. The molecule has 0 unspecified atom stereocenters. The molecule has 2 aromatic heterocycles. The molecule has 0 atom stereocenters. The summed E-state index contributed by atoms with van der Waals surface area (Å²) in [5, 5.41) is 0. The number of aromatic nitrogens is 2. The first-order chi connectivity index (χ1) is 17.7. The number of rotatable bonds is 7. The highest BCUT2D eigenvalue weighted by atomic mass is 19.4. The Bertz CT molecular complexity index is 1260. The largest absolute Gasteiger partial charge is 0.488 e. The first-order valence-corrected chi connectivity index (χ1v) is 11.7. The van der Waals surface area contributed by atoms with Crippen LogP contribution in [0.2, 0.25) is 0 Å². The van der Waals surface area contributed by atoms with Crippen LogP contribution in [0.1, 0.15) is 35.8 Å². The third kappa shape index (κ3) is 5.92. The zero-order valence-electron chi connectivity index (χ0n) is 20.2. The van der Waals surface area contributed by atoms with Gasteiger partial charge in [0, 0.05) is 37.8 Å². The van der Waals surface area contributed by atoms with E-state index in [1.54, 1.807) is 35.4 Å². The lowest BCUT2D eigenvalue weighted by atomic mass is 10.0. The molecule has 3 aromatic rings. The van der Waals surface area contributed by atoms with Crippen molar-refractivity contribution in [3.63, 3.8) is 0 Å². The van der Waals surface area contributed by atoms with E-state index in [9.17, 15) is 22.4 Å². The van der Waals surface area contributed by atoms with Crippen LogP contribution < -0.4 is 14.4 Å². The van der Waals surface area contributed by atoms with Gasteiger partial charge in [0.25, 0.3) is 0 Å². The second-order valence-corrected chi connectivity index (χ2v) is 8.29. The van der Waals surface area contributed by atoms with E-state index in [1.165, 1.54) is 7.11 Å². The van der Waals surface area contributed by atoms with Crippen molar-refractivity contribution >= 4 is 11.7 Å². The summed E-state index contributed by atoms with van der Waals surface area (Å²) in [7, 11) is 1.23. The quantitative estimate of drug-likeness (QED) is 0.300. The normalized spacial score (nSPS) is 14.4. The standard InChI is InChI=1S/C26H25F4N3O4/c1-3-36-24-18(5-4-12-31-24)20-7-9-22(23(32-20)25(34)35-2)37-17-10-13-33(14-11-17)21-8-6-16(27)15-19(21)26(28,29)30/h4-9,12,15,17H,3,10-11,13-14H2,1-2H3. The molecule has 0 bridgehead atoms. The highest BCUT2D eigenvalue weighted by molar-refractivity contribution is 5.91. The van der Waals surface area contributed by atoms with Gasteiger partial charge in [0.1, 0.15) is 11.9 Å². The molecular weight excluding hydrogens is 494 g/mol. The van der Waals surface area contributed by atoms with Gasteiger partial charge in [0.05, 0.1) is 30.5 Å². The van der Waals surface area contributed by atoms with Crippen molar-refractivity contribution in [2.75, 3.05) is 31.7 Å². The fourth-order valence-electron chi connectivity index (χ4n) is 4.18. The average Bonchev–Trinajstić information content (AvgIpc) is 2.89. The number of pyridine rings is 2. The summed E-state index contributed by atoms with van der Waals surface area (Å²) in [6.45, 7) is 2.74. The molecule has 1 fully saturated rings. The Hall–Kier alpha value is -3.89. The third-order valence-corrected chi connectivity index (χ3v) is 5.91. The molecule has 1 aromatic carbocycles. The number of anilines is 1. The summed E-state index contributed by atoms with van der Waals surface area (Å²) in [4.78, 5) is 22.7.